The molecule has 0 saturated carbocycles. The minimum Gasteiger partial charge on any atom is -0.400 e. The summed E-state index contributed by atoms with van der Waals surface area (Å²) in [5, 5.41) is 10.1. The van der Waals surface area contributed by atoms with Gasteiger partial charge in [-0.15, -0.1) is 0 Å². The first-order chi connectivity index (χ1) is 4.83. The number of carbonyl (C=O) groups is 1. The summed E-state index contributed by atoms with van der Waals surface area (Å²) in [7, 11) is 1.00. The number of rotatable bonds is 1. The van der Waals surface area contributed by atoms with Crippen molar-refractivity contribution in [3.63, 3.8) is 0 Å². The molecule has 60 valence electrons. The summed E-state index contributed by atoms with van der Waals surface area (Å²) < 4.78 is 0. The van der Waals surface area contributed by atoms with Crippen molar-refractivity contribution in [1.82, 2.24) is 5.32 Å². The molecule has 1 heterocycles. The van der Waals surface area contributed by atoms with Crippen molar-refractivity contribution in [2.75, 3.05) is 13.7 Å². The highest BCUT2D eigenvalue weighted by atomic mass is 16.2. The van der Waals surface area contributed by atoms with Gasteiger partial charge in [0.25, 0.3) is 0 Å². The number of aliphatic hydroxyl groups excluding tert-OH is 1. The van der Waals surface area contributed by atoms with E-state index in [9.17, 15) is 4.79 Å². The molecule has 0 bridgehead atoms. The summed E-state index contributed by atoms with van der Waals surface area (Å²) in [6, 6.07) is 0.144. The van der Waals surface area contributed by atoms with Crippen molar-refractivity contribution in [2.45, 2.75) is 19.4 Å². The monoisotopic (exact) mass is 145 g/mol. The van der Waals surface area contributed by atoms with Gasteiger partial charge in [-0.05, 0) is 18.9 Å². The van der Waals surface area contributed by atoms with Gasteiger partial charge in [-0.2, -0.15) is 0 Å². The summed E-state index contributed by atoms with van der Waals surface area (Å²) in [6.07, 6.45) is 2.01. The highest BCUT2D eigenvalue weighted by molar-refractivity contribution is 5.58. The average Bonchev–Trinajstić information content (AvgIpc) is 2.40. The fourth-order valence-corrected chi connectivity index (χ4v) is 1.06. The average molecular weight is 145 g/mol. The Morgan fingerprint density at radius 3 is 2.40 bits per heavy atom. The van der Waals surface area contributed by atoms with Crippen LogP contribution in [0.5, 0.6) is 0 Å². The maximum atomic E-state index is 10.1. The smallest absolute Gasteiger partial charge is 0.136 e. The normalized spacial score (nSPS) is 30.7. The van der Waals surface area contributed by atoms with Crippen LogP contribution in [0.4, 0.5) is 0 Å². The first-order valence-electron chi connectivity index (χ1n) is 3.46. The Morgan fingerprint density at radius 2 is 2.20 bits per heavy atom. The second-order valence-electron chi connectivity index (χ2n) is 2.49. The zero-order valence-corrected chi connectivity index (χ0v) is 6.50. The minimum absolute atomic E-state index is 0.144. The summed E-state index contributed by atoms with van der Waals surface area (Å²) in [6.45, 7) is 3.15. The number of carbonyl (C=O) groups excluding carboxylic acids is 1. The molecule has 1 aliphatic rings. The summed E-state index contributed by atoms with van der Waals surface area (Å²) in [5.74, 6) is 0.685. The molecule has 2 N–H and O–H groups in total. The number of aliphatic hydroxyl groups is 1. The van der Waals surface area contributed by atoms with E-state index in [1.807, 2.05) is 0 Å². The van der Waals surface area contributed by atoms with Gasteiger partial charge in [-0.1, -0.05) is 6.92 Å². The van der Waals surface area contributed by atoms with Crippen molar-refractivity contribution in [3.05, 3.63) is 0 Å². The fraction of sp³-hybridized carbons (Fsp3) is 0.857. The third-order valence-corrected chi connectivity index (χ3v) is 1.55. The van der Waals surface area contributed by atoms with E-state index in [0.717, 1.165) is 26.4 Å². The molecule has 3 nitrogen and oxygen atoms in total. The molecule has 0 aliphatic carbocycles. The Bertz CT molecular complexity index is 95.6. The minimum atomic E-state index is 0.144. The standard InChI is InChI=1S/C6H11NO.CH4O/c1-5-2-6(4-8)7-3-5;1-2/h4-7H,2-3H2,1H3;2H,1H3. The number of nitrogens with one attached hydrogen (secondary N) is 1. The molecule has 10 heavy (non-hydrogen) atoms. The zero-order chi connectivity index (χ0) is 7.98. The van der Waals surface area contributed by atoms with Crippen LogP contribution < -0.4 is 5.32 Å². The van der Waals surface area contributed by atoms with Crippen LogP contribution in [-0.4, -0.2) is 31.1 Å². The lowest BCUT2D eigenvalue weighted by Crippen LogP contribution is -2.22. The topological polar surface area (TPSA) is 49.3 Å². The van der Waals surface area contributed by atoms with E-state index in [-0.39, 0.29) is 6.04 Å². The van der Waals surface area contributed by atoms with Gasteiger partial charge in [0.2, 0.25) is 0 Å². The van der Waals surface area contributed by atoms with Crippen molar-refractivity contribution < 1.29 is 9.90 Å². The largest absolute Gasteiger partial charge is 0.400 e. The highest BCUT2D eigenvalue weighted by Crippen LogP contribution is 2.09. The predicted molar refractivity (Wildman–Crippen MR) is 39.8 cm³/mol. The van der Waals surface area contributed by atoms with E-state index in [1.54, 1.807) is 0 Å². The van der Waals surface area contributed by atoms with Crippen molar-refractivity contribution in [3.8, 4) is 0 Å². The molecule has 1 saturated heterocycles. The molecule has 2 unspecified atom stereocenters. The fourth-order valence-electron chi connectivity index (χ4n) is 1.06. The molecule has 2 atom stereocenters. The maximum absolute atomic E-state index is 10.1. The van der Waals surface area contributed by atoms with E-state index in [4.69, 9.17) is 5.11 Å². The van der Waals surface area contributed by atoms with Crippen LogP contribution in [0, 0.1) is 5.92 Å². The third kappa shape index (κ3) is 2.94. The Hall–Kier alpha value is -0.410. The van der Waals surface area contributed by atoms with Crippen LogP contribution in [0.25, 0.3) is 0 Å². The van der Waals surface area contributed by atoms with Gasteiger partial charge in [0, 0.05) is 7.11 Å². The summed E-state index contributed by atoms with van der Waals surface area (Å²) >= 11 is 0. The van der Waals surface area contributed by atoms with Gasteiger partial charge >= 0.3 is 0 Å². The van der Waals surface area contributed by atoms with Gasteiger partial charge in [0.15, 0.2) is 0 Å². The molecule has 0 spiro atoms. The van der Waals surface area contributed by atoms with Crippen molar-refractivity contribution in [2.24, 2.45) is 5.92 Å². The van der Waals surface area contributed by atoms with E-state index in [2.05, 4.69) is 12.2 Å². The Morgan fingerprint density at radius 1 is 1.60 bits per heavy atom. The van der Waals surface area contributed by atoms with E-state index in [0.29, 0.717) is 5.92 Å². The van der Waals surface area contributed by atoms with Crippen LogP contribution in [-0.2, 0) is 4.79 Å². The van der Waals surface area contributed by atoms with Crippen LogP contribution >= 0.6 is 0 Å². The van der Waals surface area contributed by atoms with Crippen LogP contribution in [0.1, 0.15) is 13.3 Å². The van der Waals surface area contributed by atoms with Crippen molar-refractivity contribution in [1.29, 1.82) is 0 Å². The molecule has 0 aromatic rings. The lowest BCUT2D eigenvalue weighted by atomic mass is 10.1. The predicted octanol–water partition coefficient (Wildman–Crippen LogP) is -0.208. The first-order valence-corrected chi connectivity index (χ1v) is 3.46. The maximum Gasteiger partial charge on any atom is 0.136 e. The van der Waals surface area contributed by atoms with Gasteiger partial charge in [-0.3, -0.25) is 0 Å². The number of hydrogen-bond donors (Lipinski definition) is 2. The Kier molecular flexibility index (Phi) is 5.16. The lowest BCUT2D eigenvalue weighted by Gasteiger charge is -1.94. The Balaban J connectivity index is 0.000000371. The second-order valence-corrected chi connectivity index (χ2v) is 2.49. The summed E-state index contributed by atoms with van der Waals surface area (Å²) in [4.78, 5) is 10.1. The number of aldehydes is 1. The molecule has 0 radical (unpaired) electrons. The third-order valence-electron chi connectivity index (χ3n) is 1.55. The second kappa shape index (κ2) is 5.38. The molecule has 1 rings (SSSR count). The molecule has 0 amide bonds. The quantitative estimate of drug-likeness (QED) is 0.502. The first kappa shape index (κ1) is 9.59. The molecule has 1 aliphatic heterocycles. The van der Waals surface area contributed by atoms with Crippen LogP contribution in [0.2, 0.25) is 0 Å². The molecular formula is C7H15NO2. The molecule has 1 fully saturated rings. The molecule has 0 aromatic heterocycles. The van der Waals surface area contributed by atoms with Crippen LogP contribution in [0.15, 0.2) is 0 Å². The van der Waals surface area contributed by atoms with Crippen molar-refractivity contribution >= 4 is 6.29 Å². The summed E-state index contributed by atoms with van der Waals surface area (Å²) in [5.41, 5.74) is 0. The zero-order valence-electron chi connectivity index (χ0n) is 6.50. The molecular weight excluding hydrogens is 130 g/mol. The molecule has 3 heteroatoms. The lowest BCUT2D eigenvalue weighted by molar-refractivity contribution is -0.109. The Labute approximate surface area is 61.4 Å². The van der Waals surface area contributed by atoms with Gasteiger partial charge in [0.05, 0.1) is 6.04 Å². The van der Waals surface area contributed by atoms with E-state index >= 15 is 0 Å². The van der Waals surface area contributed by atoms with Gasteiger partial charge in [0.1, 0.15) is 6.29 Å². The van der Waals surface area contributed by atoms with E-state index in [1.165, 1.54) is 0 Å². The highest BCUT2D eigenvalue weighted by Gasteiger charge is 2.18. The van der Waals surface area contributed by atoms with Gasteiger partial charge < -0.3 is 15.2 Å². The van der Waals surface area contributed by atoms with Gasteiger partial charge in [-0.25, -0.2) is 0 Å². The number of hydrogen-bond acceptors (Lipinski definition) is 3. The SMILES string of the molecule is CC1CNC(C=O)C1.CO. The van der Waals surface area contributed by atoms with Crippen LogP contribution in [0.3, 0.4) is 0 Å². The van der Waals surface area contributed by atoms with E-state index < -0.39 is 0 Å². The molecule has 0 aromatic carbocycles.